The van der Waals surface area contributed by atoms with E-state index in [4.69, 9.17) is 19.4 Å². The van der Waals surface area contributed by atoms with Gasteiger partial charge in [-0.1, -0.05) is 24.8 Å². The van der Waals surface area contributed by atoms with Crippen LogP contribution in [0.4, 0.5) is 21.6 Å². The summed E-state index contributed by atoms with van der Waals surface area (Å²) in [4.78, 5) is 30.7. The number of para-hydroxylation sites is 1. The fourth-order valence-corrected chi connectivity index (χ4v) is 7.04. The normalized spacial score (nSPS) is 22.2. The number of piperazine rings is 1. The lowest BCUT2D eigenvalue weighted by Crippen LogP contribution is -2.48. The van der Waals surface area contributed by atoms with E-state index < -0.39 is 6.17 Å². The van der Waals surface area contributed by atoms with Crippen molar-refractivity contribution in [1.82, 2.24) is 19.8 Å². The smallest absolute Gasteiger partial charge is 0.319 e. The van der Waals surface area contributed by atoms with Crippen LogP contribution in [-0.2, 0) is 17.6 Å². The van der Waals surface area contributed by atoms with E-state index in [1.807, 2.05) is 16.8 Å². The zero-order valence-electron chi connectivity index (χ0n) is 24.8. The minimum atomic E-state index is -0.847. The predicted octanol–water partition coefficient (Wildman–Crippen LogP) is 4.29. The number of amides is 1. The van der Waals surface area contributed by atoms with Gasteiger partial charge in [-0.3, -0.25) is 9.69 Å². The Morgan fingerprint density at radius 2 is 1.95 bits per heavy atom. The third kappa shape index (κ3) is 5.26. The fraction of sp³-hybridized carbons (Fsp3) is 0.485. The summed E-state index contributed by atoms with van der Waals surface area (Å²) in [6, 6.07) is 11.1. The minimum absolute atomic E-state index is 0.0292. The number of fused-ring (bicyclic) bond motifs is 4. The molecular weight excluding hydrogens is 547 g/mol. The summed E-state index contributed by atoms with van der Waals surface area (Å²) in [7, 11) is 1.93. The van der Waals surface area contributed by atoms with Gasteiger partial charge in [0.15, 0.2) is 0 Å². The van der Waals surface area contributed by atoms with Gasteiger partial charge in [0.25, 0.3) is 0 Å². The number of benzene rings is 2. The molecule has 2 atom stereocenters. The molecule has 3 aromatic rings. The van der Waals surface area contributed by atoms with Crippen molar-refractivity contribution in [2.24, 2.45) is 0 Å². The van der Waals surface area contributed by atoms with Gasteiger partial charge < -0.3 is 24.2 Å². The van der Waals surface area contributed by atoms with Crippen LogP contribution < -0.4 is 19.3 Å². The molecule has 1 aromatic heterocycles. The Morgan fingerprint density at radius 1 is 1.12 bits per heavy atom. The molecule has 1 amide bonds. The highest BCUT2D eigenvalue weighted by atomic mass is 19.1. The van der Waals surface area contributed by atoms with Crippen molar-refractivity contribution in [1.29, 1.82) is 0 Å². The number of ether oxygens (including phenoxy) is 2. The van der Waals surface area contributed by atoms with Crippen LogP contribution in [0.15, 0.2) is 43.0 Å². The van der Waals surface area contributed by atoms with Crippen LogP contribution in [0, 0.1) is 0 Å². The molecule has 0 radical (unpaired) electrons. The molecule has 0 aliphatic carbocycles. The third-order valence-corrected chi connectivity index (χ3v) is 9.31. The Balaban J connectivity index is 1.33. The molecule has 0 N–H and O–H groups in total. The van der Waals surface area contributed by atoms with Gasteiger partial charge in [0.05, 0.1) is 23.2 Å². The van der Waals surface area contributed by atoms with Crippen molar-refractivity contribution >= 4 is 34.0 Å². The molecule has 0 spiro atoms. The molecule has 2 saturated heterocycles. The lowest BCUT2D eigenvalue weighted by molar-refractivity contribution is -0.126. The first-order chi connectivity index (χ1) is 21.0. The molecule has 4 aliphatic heterocycles. The van der Waals surface area contributed by atoms with Crippen LogP contribution in [0.3, 0.4) is 0 Å². The molecule has 2 aromatic carbocycles. The number of hydrogen-bond donors (Lipinski definition) is 0. The summed E-state index contributed by atoms with van der Waals surface area (Å²) in [6.45, 7) is 8.33. The van der Waals surface area contributed by atoms with Gasteiger partial charge in [0.2, 0.25) is 5.91 Å². The highest BCUT2D eigenvalue weighted by molar-refractivity contribution is 6.00. The van der Waals surface area contributed by atoms with Gasteiger partial charge in [-0.05, 0) is 62.9 Å². The van der Waals surface area contributed by atoms with Crippen LogP contribution in [0.1, 0.15) is 30.4 Å². The fourth-order valence-electron chi connectivity index (χ4n) is 7.04. The number of hydrogen-bond acceptors (Lipinski definition) is 8. The number of likely N-dealkylation sites (tertiary alicyclic amines) is 1. The molecule has 0 saturated carbocycles. The van der Waals surface area contributed by atoms with Crippen LogP contribution in [0.25, 0.3) is 10.9 Å². The SMILES string of the molecule is C=CC(=O)N1CCN(c2nc(OC[C@@H]3C[C@@H](F)CN3C)nc3cc(N4CCCc5ccccc54)c4c(c23)OCCC4)CC1. The zero-order chi connectivity index (χ0) is 29.5. The maximum Gasteiger partial charge on any atom is 0.319 e. The van der Waals surface area contributed by atoms with Crippen molar-refractivity contribution in [3.63, 3.8) is 0 Å². The molecule has 226 valence electrons. The third-order valence-electron chi connectivity index (χ3n) is 9.31. The van der Waals surface area contributed by atoms with Crippen molar-refractivity contribution in [2.75, 3.05) is 69.3 Å². The van der Waals surface area contributed by atoms with Crippen molar-refractivity contribution in [3.8, 4) is 11.8 Å². The first-order valence-electron chi connectivity index (χ1n) is 15.5. The van der Waals surface area contributed by atoms with Gasteiger partial charge in [0.1, 0.15) is 24.3 Å². The van der Waals surface area contributed by atoms with E-state index >= 15 is 0 Å². The van der Waals surface area contributed by atoms with E-state index in [1.54, 1.807) is 0 Å². The molecule has 5 heterocycles. The molecule has 0 bridgehead atoms. The van der Waals surface area contributed by atoms with Gasteiger partial charge in [-0.2, -0.15) is 9.97 Å². The molecule has 43 heavy (non-hydrogen) atoms. The highest BCUT2D eigenvalue weighted by Crippen LogP contribution is 2.46. The number of nitrogens with zero attached hydrogens (tertiary/aromatic N) is 6. The molecule has 4 aliphatic rings. The molecular formula is C33H39FN6O3. The van der Waals surface area contributed by atoms with Crippen molar-refractivity contribution in [2.45, 2.75) is 44.3 Å². The van der Waals surface area contributed by atoms with Gasteiger partial charge >= 0.3 is 6.01 Å². The van der Waals surface area contributed by atoms with E-state index in [-0.39, 0.29) is 18.0 Å². The summed E-state index contributed by atoms with van der Waals surface area (Å²) in [5.41, 5.74) is 5.68. The second-order valence-corrected chi connectivity index (χ2v) is 12.0. The van der Waals surface area contributed by atoms with E-state index in [1.165, 1.54) is 22.9 Å². The monoisotopic (exact) mass is 586 g/mol. The quantitative estimate of drug-likeness (QED) is 0.396. The number of aryl methyl sites for hydroxylation is 1. The zero-order valence-corrected chi connectivity index (χ0v) is 24.8. The molecule has 7 rings (SSSR count). The molecule has 0 unspecified atom stereocenters. The summed E-state index contributed by atoms with van der Waals surface area (Å²) >= 11 is 0. The average Bonchev–Trinajstić information content (AvgIpc) is 3.38. The first-order valence-corrected chi connectivity index (χ1v) is 15.5. The summed E-state index contributed by atoms with van der Waals surface area (Å²) < 4.78 is 26.8. The van der Waals surface area contributed by atoms with E-state index in [9.17, 15) is 9.18 Å². The molecule has 10 heteroatoms. The van der Waals surface area contributed by atoms with E-state index in [0.717, 1.165) is 60.4 Å². The Bertz CT molecular complexity index is 1540. The molecule has 9 nitrogen and oxygen atoms in total. The number of likely N-dealkylation sites (N-methyl/N-ethyl adjacent to an activating group) is 1. The van der Waals surface area contributed by atoms with Crippen molar-refractivity contribution in [3.05, 3.63) is 54.1 Å². The first kappa shape index (κ1) is 27.9. The maximum atomic E-state index is 14.1. The number of aromatic nitrogens is 2. The number of anilines is 3. The van der Waals surface area contributed by atoms with Crippen LogP contribution in [0.5, 0.6) is 11.8 Å². The predicted molar refractivity (Wildman–Crippen MR) is 166 cm³/mol. The Morgan fingerprint density at radius 3 is 2.74 bits per heavy atom. The van der Waals surface area contributed by atoms with Crippen LogP contribution in [0.2, 0.25) is 0 Å². The highest BCUT2D eigenvalue weighted by Gasteiger charge is 2.32. The lowest BCUT2D eigenvalue weighted by atomic mass is 9.96. The number of halogens is 1. The summed E-state index contributed by atoms with van der Waals surface area (Å²) in [5.74, 6) is 1.55. The van der Waals surface area contributed by atoms with Gasteiger partial charge in [-0.15, -0.1) is 0 Å². The van der Waals surface area contributed by atoms with Gasteiger partial charge in [-0.25, -0.2) is 4.39 Å². The maximum absolute atomic E-state index is 14.1. The topological polar surface area (TPSA) is 74.3 Å². The lowest BCUT2D eigenvalue weighted by Gasteiger charge is -2.37. The molecule has 2 fully saturated rings. The van der Waals surface area contributed by atoms with Gasteiger partial charge in [0, 0.05) is 56.6 Å². The average molecular weight is 587 g/mol. The second kappa shape index (κ2) is 11.6. The van der Waals surface area contributed by atoms with Crippen LogP contribution in [-0.4, -0.2) is 97.4 Å². The number of carbonyl (C=O) groups excluding carboxylic acids is 1. The standard InChI is InChI=1S/C33H39FN6O3/c1-3-29(41)38-13-15-39(16-14-38)32-30-26(35-33(36-32)43-21-24-18-23(34)20-37(24)2)19-28(25-10-7-17-42-31(25)30)40-12-6-9-22-8-4-5-11-27(22)40/h3-5,8,11,19,23-24H,1,6-7,9-10,12-18,20-21H2,2H3/t23-,24+/m1/s1. The summed E-state index contributed by atoms with van der Waals surface area (Å²) in [5, 5.41) is 0.890. The largest absolute Gasteiger partial charge is 0.492 e. The number of rotatable bonds is 6. The minimum Gasteiger partial charge on any atom is -0.492 e. The Kier molecular flexibility index (Phi) is 7.55. The summed E-state index contributed by atoms with van der Waals surface area (Å²) in [6.07, 6.45) is 4.97. The van der Waals surface area contributed by atoms with E-state index in [2.05, 4.69) is 46.7 Å². The van der Waals surface area contributed by atoms with E-state index in [0.29, 0.717) is 52.4 Å². The Labute approximate surface area is 251 Å². The Hall–Kier alpha value is -3.92. The number of carbonyl (C=O) groups is 1. The number of alkyl halides is 1. The van der Waals surface area contributed by atoms with Crippen molar-refractivity contribution < 1.29 is 18.7 Å². The van der Waals surface area contributed by atoms with Crippen LogP contribution >= 0.6 is 0 Å². The second-order valence-electron chi connectivity index (χ2n) is 12.0.